The van der Waals surface area contributed by atoms with Crippen molar-refractivity contribution >= 4 is 36.4 Å². The van der Waals surface area contributed by atoms with Gasteiger partial charge in [0.2, 0.25) is 5.91 Å². The fraction of sp³-hybridized carbons (Fsp3) is 0.250. The molecule has 8 nitrogen and oxygen atoms in total. The van der Waals surface area contributed by atoms with Crippen LogP contribution in [0.4, 0.5) is 5.69 Å². The second-order valence-corrected chi connectivity index (χ2v) is 5.45. The minimum atomic E-state index is -0.450. The topological polar surface area (TPSA) is 89.7 Å². The number of rotatable bonds is 6. The van der Waals surface area contributed by atoms with Gasteiger partial charge in [-0.25, -0.2) is 9.67 Å². The summed E-state index contributed by atoms with van der Waals surface area (Å²) in [6, 6.07) is 7.21. The van der Waals surface area contributed by atoms with Crippen LogP contribution in [0.5, 0.6) is 0 Å². The lowest BCUT2D eigenvalue weighted by Crippen LogP contribution is -2.30. The van der Waals surface area contributed by atoms with Gasteiger partial charge in [-0.1, -0.05) is 12.1 Å². The van der Waals surface area contributed by atoms with Crippen molar-refractivity contribution < 1.29 is 4.79 Å². The third-order valence-corrected chi connectivity index (χ3v) is 3.64. The fourth-order valence-corrected chi connectivity index (χ4v) is 2.45. The van der Waals surface area contributed by atoms with Gasteiger partial charge >= 0.3 is 0 Å². The third kappa shape index (κ3) is 5.29. The maximum Gasteiger partial charge on any atom is 0.246 e. The van der Waals surface area contributed by atoms with Crippen LogP contribution in [-0.4, -0.2) is 37.5 Å². The predicted molar refractivity (Wildman–Crippen MR) is 104 cm³/mol. The largest absolute Gasteiger partial charge is 0.324 e. The molecule has 10 heteroatoms. The zero-order chi connectivity index (χ0) is 16.9. The summed E-state index contributed by atoms with van der Waals surface area (Å²) in [5.74, 6) is -0.130. The Morgan fingerprint density at radius 2 is 1.92 bits per heavy atom. The molecule has 0 saturated heterocycles. The highest BCUT2D eigenvalue weighted by Crippen LogP contribution is 2.16. The number of hydrogen-bond acceptors (Lipinski definition) is 5. The molecule has 3 rings (SSSR count). The van der Waals surface area contributed by atoms with Gasteiger partial charge in [-0.15, -0.1) is 24.8 Å². The summed E-state index contributed by atoms with van der Waals surface area (Å²) >= 11 is 0. The van der Waals surface area contributed by atoms with E-state index in [0.29, 0.717) is 6.54 Å². The molecule has 2 N–H and O–H groups in total. The average Bonchev–Trinajstić information content (AvgIpc) is 3.22. The summed E-state index contributed by atoms with van der Waals surface area (Å²) in [6.07, 6.45) is 6.68. The Bertz CT molecular complexity index is 802. The van der Waals surface area contributed by atoms with Crippen LogP contribution in [0.25, 0.3) is 0 Å². The zero-order valence-corrected chi connectivity index (χ0v) is 16.0. The molecule has 3 aromatic rings. The zero-order valence-electron chi connectivity index (χ0n) is 14.4. The molecule has 1 unspecified atom stereocenters. The van der Waals surface area contributed by atoms with E-state index in [0.717, 1.165) is 16.8 Å². The quantitative estimate of drug-likeness (QED) is 0.661. The van der Waals surface area contributed by atoms with Gasteiger partial charge in [-0.3, -0.25) is 9.48 Å². The average molecular weight is 398 g/mol. The second kappa shape index (κ2) is 9.91. The summed E-state index contributed by atoms with van der Waals surface area (Å²) in [5.41, 5.74) is 2.64. The molecule has 0 fully saturated rings. The highest BCUT2D eigenvalue weighted by Gasteiger charge is 2.20. The minimum absolute atomic E-state index is 0. The summed E-state index contributed by atoms with van der Waals surface area (Å²) in [5, 5.41) is 14.1. The molecule has 0 aliphatic rings. The van der Waals surface area contributed by atoms with E-state index in [1.165, 1.54) is 6.33 Å². The standard InChI is InChI=1S/C16H19N7O.2ClH/c1-17-15(13-7-19-22(2)9-13)16(24)21-14-5-3-12(4-6-14)8-23-11-18-10-20-23;;/h3-7,9-11,15,17H,8H2,1-2H3,(H,21,24);2*1H. The molecule has 1 amide bonds. The molecule has 2 aromatic heterocycles. The van der Waals surface area contributed by atoms with Crippen molar-refractivity contribution in [3.05, 3.63) is 60.4 Å². The summed E-state index contributed by atoms with van der Waals surface area (Å²) in [4.78, 5) is 16.4. The molecule has 1 atom stereocenters. The molecule has 2 heterocycles. The number of aromatic nitrogens is 5. The van der Waals surface area contributed by atoms with Crippen molar-refractivity contribution in [3.8, 4) is 0 Å². The van der Waals surface area contributed by atoms with Gasteiger partial charge < -0.3 is 10.6 Å². The van der Waals surface area contributed by atoms with E-state index in [-0.39, 0.29) is 30.7 Å². The van der Waals surface area contributed by atoms with Crippen LogP contribution in [0, 0.1) is 0 Å². The van der Waals surface area contributed by atoms with Gasteiger partial charge in [-0.2, -0.15) is 10.2 Å². The number of benzene rings is 1. The first-order valence-electron chi connectivity index (χ1n) is 7.54. The summed E-state index contributed by atoms with van der Waals surface area (Å²) in [6.45, 7) is 0.642. The van der Waals surface area contributed by atoms with Crippen molar-refractivity contribution in [2.75, 3.05) is 12.4 Å². The van der Waals surface area contributed by atoms with Crippen molar-refractivity contribution in [3.63, 3.8) is 0 Å². The normalized spacial score (nSPS) is 11.2. The monoisotopic (exact) mass is 397 g/mol. The number of hydrogen-bond donors (Lipinski definition) is 2. The van der Waals surface area contributed by atoms with Gasteiger partial charge in [0.1, 0.15) is 18.7 Å². The maximum atomic E-state index is 12.5. The van der Waals surface area contributed by atoms with Crippen LogP contribution in [0.3, 0.4) is 0 Å². The highest BCUT2D eigenvalue weighted by atomic mass is 35.5. The predicted octanol–water partition coefficient (Wildman–Crippen LogP) is 1.80. The molecule has 140 valence electrons. The van der Waals surface area contributed by atoms with E-state index < -0.39 is 6.04 Å². The van der Waals surface area contributed by atoms with Gasteiger partial charge in [0.05, 0.1) is 12.7 Å². The van der Waals surface area contributed by atoms with Gasteiger partial charge in [-0.05, 0) is 24.7 Å². The number of carbonyl (C=O) groups is 1. The molecule has 26 heavy (non-hydrogen) atoms. The van der Waals surface area contributed by atoms with E-state index in [9.17, 15) is 4.79 Å². The molecular formula is C16H21Cl2N7O. The Morgan fingerprint density at radius 3 is 2.46 bits per heavy atom. The first-order valence-corrected chi connectivity index (χ1v) is 7.54. The minimum Gasteiger partial charge on any atom is -0.324 e. The number of anilines is 1. The maximum absolute atomic E-state index is 12.5. The number of nitrogens with one attached hydrogen (secondary N) is 2. The van der Waals surface area contributed by atoms with E-state index in [4.69, 9.17) is 0 Å². The number of carbonyl (C=O) groups excluding carboxylic acids is 1. The second-order valence-electron chi connectivity index (χ2n) is 5.45. The van der Waals surface area contributed by atoms with E-state index in [1.54, 1.807) is 28.9 Å². The smallest absolute Gasteiger partial charge is 0.246 e. The molecule has 0 radical (unpaired) electrons. The van der Waals surface area contributed by atoms with Crippen molar-refractivity contribution in [2.24, 2.45) is 7.05 Å². The molecule has 0 aliphatic carbocycles. The van der Waals surface area contributed by atoms with Crippen molar-refractivity contribution in [1.82, 2.24) is 29.9 Å². The Morgan fingerprint density at radius 1 is 1.19 bits per heavy atom. The van der Waals surface area contributed by atoms with Crippen molar-refractivity contribution in [1.29, 1.82) is 0 Å². The lowest BCUT2D eigenvalue weighted by molar-refractivity contribution is -0.118. The number of likely N-dealkylation sites (N-methyl/N-ethyl adjacent to an activating group) is 1. The molecule has 0 saturated carbocycles. The lowest BCUT2D eigenvalue weighted by atomic mass is 10.1. The van der Waals surface area contributed by atoms with Crippen molar-refractivity contribution in [2.45, 2.75) is 12.6 Å². The SMILES string of the molecule is CNC(C(=O)Nc1ccc(Cn2cncn2)cc1)c1cnn(C)c1.Cl.Cl. The van der Waals surface area contributed by atoms with Crippen LogP contribution in [0.2, 0.25) is 0 Å². The molecule has 1 aromatic carbocycles. The Labute approximate surface area is 163 Å². The number of nitrogens with zero attached hydrogens (tertiary/aromatic N) is 5. The Hall–Kier alpha value is -2.42. The Balaban J connectivity index is 0.00000169. The van der Waals surface area contributed by atoms with Gasteiger partial charge in [0.15, 0.2) is 0 Å². The van der Waals surface area contributed by atoms with Crippen LogP contribution in [-0.2, 0) is 18.4 Å². The molecule has 0 bridgehead atoms. The van der Waals surface area contributed by atoms with E-state index in [1.807, 2.05) is 37.5 Å². The molecule has 0 spiro atoms. The number of aryl methyl sites for hydroxylation is 1. The lowest BCUT2D eigenvalue weighted by Gasteiger charge is -2.14. The number of amides is 1. The first-order chi connectivity index (χ1) is 11.7. The Kier molecular flexibility index (Phi) is 8.24. The number of halogens is 2. The van der Waals surface area contributed by atoms with E-state index >= 15 is 0 Å². The van der Waals surface area contributed by atoms with Gasteiger partial charge in [0, 0.05) is 24.5 Å². The fourth-order valence-electron chi connectivity index (χ4n) is 2.45. The molecule has 0 aliphatic heterocycles. The summed E-state index contributed by atoms with van der Waals surface area (Å²) in [7, 11) is 3.57. The highest BCUT2D eigenvalue weighted by molar-refractivity contribution is 5.95. The molecular weight excluding hydrogens is 377 g/mol. The van der Waals surface area contributed by atoms with Crippen LogP contribution in [0.1, 0.15) is 17.2 Å². The third-order valence-electron chi connectivity index (χ3n) is 3.64. The first kappa shape index (κ1) is 21.6. The van der Waals surface area contributed by atoms with Crippen LogP contribution in [0.15, 0.2) is 49.3 Å². The van der Waals surface area contributed by atoms with Crippen LogP contribution < -0.4 is 10.6 Å². The van der Waals surface area contributed by atoms with E-state index in [2.05, 4.69) is 25.8 Å². The summed E-state index contributed by atoms with van der Waals surface area (Å²) < 4.78 is 3.42. The van der Waals surface area contributed by atoms with Crippen LogP contribution >= 0.6 is 24.8 Å². The van der Waals surface area contributed by atoms with Gasteiger partial charge in [0.25, 0.3) is 0 Å².